The second kappa shape index (κ2) is 12.6. The fraction of sp³-hybridized carbons (Fsp3) is 0.469. The number of carbonyl (C=O) groups is 2. The van der Waals surface area contributed by atoms with Crippen molar-refractivity contribution in [3.63, 3.8) is 0 Å². The topological polar surface area (TPSA) is 120 Å². The van der Waals surface area contributed by atoms with Crippen LogP contribution in [0, 0.1) is 12.8 Å². The van der Waals surface area contributed by atoms with Crippen LogP contribution in [-0.2, 0) is 19.6 Å². The number of carboxylic acids is 1. The summed E-state index contributed by atoms with van der Waals surface area (Å²) in [5, 5.41) is 10.2. The summed E-state index contributed by atoms with van der Waals surface area (Å²) in [6.45, 7) is 5.58. The number of morpholine rings is 1. The lowest BCUT2D eigenvalue weighted by atomic mass is 9.82. The molecule has 44 heavy (non-hydrogen) atoms. The number of benzene rings is 1. The summed E-state index contributed by atoms with van der Waals surface area (Å²) in [7, 11) is -4.04. The number of piperazine rings is 1. The predicted molar refractivity (Wildman–Crippen MR) is 170 cm³/mol. The lowest BCUT2D eigenvalue weighted by Crippen LogP contribution is -2.60. The zero-order valence-corrected chi connectivity index (χ0v) is 26.6. The Morgan fingerprint density at radius 2 is 1.84 bits per heavy atom. The van der Waals surface area contributed by atoms with Gasteiger partial charge in [-0.05, 0) is 56.4 Å². The Balaban J connectivity index is 1.32. The highest BCUT2D eigenvalue weighted by molar-refractivity contribution is 7.89. The van der Waals surface area contributed by atoms with E-state index >= 15 is 0 Å². The van der Waals surface area contributed by atoms with Crippen LogP contribution in [-0.4, -0.2) is 79.6 Å². The summed E-state index contributed by atoms with van der Waals surface area (Å²) in [5.74, 6) is -0.783. The average molecular weight is 639 g/mol. The molecule has 10 nitrogen and oxygen atoms in total. The van der Waals surface area contributed by atoms with Gasteiger partial charge < -0.3 is 19.6 Å². The zero-order chi connectivity index (χ0) is 31.0. The van der Waals surface area contributed by atoms with Gasteiger partial charge in [0.2, 0.25) is 15.9 Å². The summed E-state index contributed by atoms with van der Waals surface area (Å²) in [6.07, 6.45) is 6.15. The molecule has 1 aliphatic carbocycles. The maximum absolute atomic E-state index is 14.0. The fourth-order valence-electron chi connectivity index (χ4n) is 6.63. The summed E-state index contributed by atoms with van der Waals surface area (Å²) in [4.78, 5) is 35.5. The van der Waals surface area contributed by atoms with E-state index in [9.17, 15) is 23.1 Å². The van der Waals surface area contributed by atoms with Gasteiger partial charge >= 0.3 is 5.97 Å². The van der Waals surface area contributed by atoms with E-state index < -0.39 is 27.9 Å². The number of aryl methyl sites for hydroxylation is 1. The van der Waals surface area contributed by atoms with Gasteiger partial charge in [-0.25, -0.2) is 18.2 Å². The van der Waals surface area contributed by atoms with Crippen LogP contribution in [0.1, 0.15) is 54.3 Å². The number of rotatable bonds is 7. The molecule has 3 aromatic rings. The molecule has 0 unspecified atom stereocenters. The van der Waals surface area contributed by atoms with Gasteiger partial charge in [0.1, 0.15) is 15.6 Å². The largest absolute Gasteiger partial charge is 0.477 e. The van der Waals surface area contributed by atoms with Crippen molar-refractivity contribution in [2.75, 3.05) is 42.6 Å². The van der Waals surface area contributed by atoms with E-state index in [2.05, 4.69) is 9.88 Å². The van der Waals surface area contributed by atoms with Crippen LogP contribution >= 0.6 is 11.3 Å². The summed E-state index contributed by atoms with van der Waals surface area (Å²) >= 11 is 1.14. The van der Waals surface area contributed by atoms with Crippen LogP contribution < -0.4 is 9.80 Å². The molecule has 0 bridgehead atoms. The van der Waals surface area contributed by atoms with Crippen LogP contribution in [0.2, 0.25) is 0 Å². The molecule has 1 aromatic carbocycles. The van der Waals surface area contributed by atoms with Gasteiger partial charge in [-0.1, -0.05) is 49.1 Å². The first kappa shape index (κ1) is 30.7. The molecule has 3 aliphatic rings. The van der Waals surface area contributed by atoms with Gasteiger partial charge in [-0.15, -0.1) is 11.3 Å². The van der Waals surface area contributed by atoms with E-state index in [4.69, 9.17) is 4.74 Å². The Morgan fingerprint density at radius 3 is 2.50 bits per heavy atom. The molecule has 2 aliphatic heterocycles. The van der Waals surface area contributed by atoms with Crippen molar-refractivity contribution in [1.82, 2.24) is 9.29 Å². The van der Waals surface area contributed by atoms with Gasteiger partial charge in [0.05, 0.1) is 37.5 Å². The summed E-state index contributed by atoms with van der Waals surface area (Å²) in [6, 6.07) is 12.5. The zero-order valence-electron chi connectivity index (χ0n) is 25.0. The standard InChI is InChI=1S/C32H38N4O6S2/c1-21-8-10-24(11-9-21)28-16-26(31(43-28)32(38)39)36-27(23-6-4-3-5-7-23)18-34(19-30(36)37)44(40,41)25-12-13-29(33-17-25)35-14-15-42-20-22(35)2/h8-13,16-17,22-23,27H,3-7,14-15,18-20H2,1-2H3,(H,38,39)/t22-,27+/m1/s1. The minimum atomic E-state index is -4.04. The van der Waals surface area contributed by atoms with Crippen LogP contribution in [0.5, 0.6) is 0 Å². The number of aromatic carboxylic acids is 1. The normalized spacial score (nSPS) is 22.4. The lowest BCUT2D eigenvalue weighted by molar-refractivity contribution is -0.121. The molecule has 1 amide bonds. The monoisotopic (exact) mass is 638 g/mol. The molecule has 234 valence electrons. The van der Waals surface area contributed by atoms with Crippen LogP contribution in [0.25, 0.3) is 10.4 Å². The fourth-order valence-corrected chi connectivity index (χ4v) is 8.97. The van der Waals surface area contributed by atoms with E-state index in [1.54, 1.807) is 23.1 Å². The first-order chi connectivity index (χ1) is 21.1. The molecule has 1 saturated carbocycles. The number of amides is 1. The highest BCUT2D eigenvalue weighted by Gasteiger charge is 2.44. The lowest BCUT2D eigenvalue weighted by Gasteiger charge is -2.44. The maximum atomic E-state index is 14.0. The number of carbonyl (C=O) groups excluding carboxylic acids is 1. The van der Waals surface area contributed by atoms with E-state index in [0.717, 1.165) is 59.4 Å². The number of hydrogen-bond acceptors (Lipinski definition) is 8. The summed E-state index contributed by atoms with van der Waals surface area (Å²) < 4.78 is 34.6. The number of aromatic nitrogens is 1. The number of nitrogens with zero attached hydrogens (tertiary/aromatic N) is 4. The molecule has 2 atom stereocenters. The molecule has 2 saturated heterocycles. The molecular formula is C32H38N4O6S2. The second-order valence-corrected chi connectivity index (χ2v) is 15.0. The Kier molecular flexibility index (Phi) is 8.78. The SMILES string of the molecule is Cc1ccc(-c2cc(N3C(=O)CN(S(=O)(=O)c4ccc(N5CCOC[C@H]5C)nc4)C[C@H]3C3CCCCC3)c(C(=O)O)s2)cc1. The quantitative estimate of drug-likeness (QED) is 0.383. The third-order valence-corrected chi connectivity index (χ3v) is 12.0. The molecule has 0 radical (unpaired) electrons. The van der Waals surface area contributed by atoms with Gasteiger partial charge in [0.15, 0.2) is 0 Å². The summed E-state index contributed by atoms with van der Waals surface area (Å²) in [5.41, 5.74) is 2.32. The molecule has 6 rings (SSSR count). The Labute approximate surface area is 262 Å². The number of ether oxygens (including phenoxy) is 1. The number of hydrogen-bond donors (Lipinski definition) is 1. The number of thiophene rings is 1. The molecular weight excluding hydrogens is 601 g/mol. The van der Waals surface area contributed by atoms with Gasteiger partial charge in [0.25, 0.3) is 0 Å². The van der Waals surface area contributed by atoms with Crippen LogP contribution in [0.3, 0.4) is 0 Å². The first-order valence-electron chi connectivity index (χ1n) is 15.2. The molecule has 4 heterocycles. The molecule has 1 N–H and O–H groups in total. The maximum Gasteiger partial charge on any atom is 0.348 e. The van der Waals surface area contributed by atoms with Crippen molar-refractivity contribution in [1.29, 1.82) is 0 Å². The molecule has 0 spiro atoms. The number of sulfonamides is 1. The van der Waals surface area contributed by atoms with Gasteiger partial charge in [-0.3, -0.25) is 4.79 Å². The van der Waals surface area contributed by atoms with Crippen molar-refractivity contribution in [2.45, 2.75) is 62.9 Å². The molecule has 3 fully saturated rings. The van der Waals surface area contributed by atoms with E-state index in [0.29, 0.717) is 31.3 Å². The molecule has 12 heteroatoms. The Bertz CT molecular complexity index is 1620. The minimum Gasteiger partial charge on any atom is -0.477 e. The van der Waals surface area contributed by atoms with Crippen LogP contribution in [0.15, 0.2) is 53.6 Å². The third-order valence-electron chi connectivity index (χ3n) is 9.02. The van der Waals surface area contributed by atoms with Crippen molar-refractivity contribution < 1.29 is 27.9 Å². The van der Waals surface area contributed by atoms with Gasteiger partial charge in [0, 0.05) is 24.2 Å². The number of carboxylic acid groups (broad SMARTS) is 1. The van der Waals surface area contributed by atoms with Crippen LogP contribution in [0.4, 0.5) is 11.5 Å². The van der Waals surface area contributed by atoms with E-state index in [1.165, 1.54) is 10.5 Å². The van der Waals surface area contributed by atoms with Crippen molar-refractivity contribution in [2.24, 2.45) is 5.92 Å². The number of anilines is 2. The molecule has 2 aromatic heterocycles. The predicted octanol–water partition coefficient (Wildman–Crippen LogP) is 5.03. The van der Waals surface area contributed by atoms with Crippen molar-refractivity contribution in [3.05, 3.63) is 59.1 Å². The number of pyridine rings is 1. The Hall–Kier alpha value is -3.32. The first-order valence-corrected chi connectivity index (χ1v) is 17.5. The second-order valence-electron chi connectivity index (χ2n) is 12.0. The minimum absolute atomic E-state index is 0.0363. The van der Waals surface area contributed by atoms with Crippen molar-refractivity contribution in [3.8, 4) is 10.4 Å². The third kappa shape index (κ3) is 6.00. The van der Waals surface area contributed by atoms with E-state index in [-0.39, 0.29) is 34.8 Å². The average Bonchev–Trinajstić information content (AvgIpc) is 3.47. The van der Waals surface area contributed by atoms with Crippen molar-refractivity contribution >= 4 is 44.7 Å². The Morgan fingerprint density at radius 1 is 1.09 bits per heavy atom. The van der Waals surface area contributed by atoms with E-state index in [1.807, 2.05) is 38.1 Å². The highest BCUT2D eigenvalue weighted by Crippen LogP contribution is 2.42. The smallest absolute Gasteiger partial charge is 0.348 e. The highest BCUT2D eigenvalue weighted by atomic mass is 32.2. The van der Waals surface area contributed by atoms with Gasteiger partial charge in [-0.2, -0.15) is 4.31 Å².